The van der Waals surface area contributed by atoms with Crippen LogP contribution in [0.3, 0.4) is 0 Å². The van der Waals surface area contributed by atoms with Crippen LogP contribution in [-0.4, -0.2) is 41.2 Å². The highest BCUT2D eigenvalue weighted by Crippen LogP contribution is 2.35. The van der Waals surface area contributed by atoms with Gasteiger partial charge in [0.1, 0.15) is 0 Å². The van der Waals surface area contributed by atoms with Crippen LogP contribution in [0.15, 0.2) is 30.4 Å². The maximum Gasteiger partial charge on any atom is 0.308 e. The van der Waals surface area contributed by atoms with Crippen molar-refractivity contribution >= 4 is 29.4 Å². The molecule has 1 N–H and O–H groups in total. The lowest BCUT2D eigenvalue weighted by Gasteiger charge is -2.17. The molecule has 3 atom stereocenters. The standard InChI is InChI=1S/C22H26N2O5/c1-13-7-6-8-14(2)19(13)23-20(26)15(3)29-18(25)11-12-24-21(27)16-9-4-5-10-17(16)22(24)28/h4-8,15-17H,9-12H2,1-3H3,(H,23,26)/t15-,16-,17-/m0/s1. The second-order valence-corrected chi connectivity index (χ2v) is 7.62. The molecule has 1 aliphatic carbocycles. The molecule has 0 unspecified atom stereocenters. The van der Waals surface area contributed by atoms with Crippen LogP contribution in [0, 0.1) is 25.7 Å². The van der Waals surface area contributed by atoms with Crippen LogP contribution in [-0.2, 0) is 23.9 Å². The summed E-state index contributed by atoms with van der Waals surface area (Å²) in [5.74, 6) is -2.13. The fraction of sp³-hybridized carbons (Fsp3) is 0.455. The summed E-state index contributed by atoms with van der Waals surface area (Å²) in [4.78, 5) is 50.5. The average molecular weight is 398 g/mol. The maximum absolute atomic E-state index is 12.4. The Labute approximate surface area is 170 Å². The van der Waals surface area contributed by atoms with Crippen molar-refractivity contribution in [2.45, 2.75) is 46.1 Å². The van der Waals surface area contributed by atoms with E-state index in [2.05, 4.69) is 5.32 Å². The predicted octanol–water partition coefficient (Wildman–Crippen LogP) is 2.51. The number of carbonyl (C=O) groups is 4. The number of allylic oxidation sites excluding steroid dienone is 2. The van der Waals surface area contributed by atoms with E-state index in [1.807, 2.05) is 44.2 Å². The zero-order chi connectivity index (χ0) is 21.1. The summed E-state index contributed by atoms with van der Waals surface area (Å²) in [5, 5.41) is 2.79. The lowest BCUT2D eigenvalue weighted by Crippen LogP contribution is -2.35. The highest BCUT2D eigenvalue weighted by molar-refractivity contribution is 6.05. The number of hydrogen-bond donors (Lipinski definition) is 1. The molecule has 0 radical (unpaired) electrons. The van der Waals surface area contributed by atoms with Gasteiger partial charge < -0.3 is 10.1 Å². The summed E-state index contributed by atoms with van der Waals surface area (Å²) in [5.41, 5.74) is 2.53. The Balaban J connectivity index is 1.51. The molecule has 29 heavy (non-hydrogen) atoms. The van der Waals surface area contributed by atoms with Gasteiger partial charge in [-0.25, -0.2) is 0 Å². The highest BCUT2D eigenvalue weighted by Gasteiger charge is 2.47. The lowest BCUT2D eigenvalue weighted by molar-refractivity contribution is -0.154. The van der Waals surface area contributed by atoms with E-state index >= 15 is 0 Å². The molecule has 3 rings (SSSR count). The molecule has 0 aromatic heterocycles. The first-order valence-electron chi connectivity index (χ1n) is 9.86. The van der Waals surface area contributed by atoms with Crippen molar-refractivity contribution in [2.75, 3.05) is 11.9 Å². The topological polar surface area (TPSA) is 92.8 Å². The van der Waals surface area contributed by atoms with Crippen LogP contribution < -0.4 is 5.32 Å². The summed E-state index contributed by atoms with van der Waals surface area (Å²) in [6, 6.07) is 5.67. The summed E-state index contributed by atoms with van der Waals surface area (Å²) >= 11 is 0. The SMILES string of the molecule is Cc1cccc(C)c1NC(=O)[C@H](C)OC(=O)CCN1C(=O)[C@H]2CC=CC[C@@H]2C1=O. The molecule has 0 bridgehead atoms. The van der Waals surface area contributed by atoms with E-state index in [9.17, 15) is 19.2 Å². The van der Waals surface area contributed by atoms with Gasteiger partial charge in [0.25, 0.3) is 5.91 Å². The van der Waals surface area contributed by atoms with Gasteiger partial charge in [0.15, 0.2) is 6.10 Å². The third-order valence-electron chi connectivity index (χ3n) is 5.55. The first-order valence-corrected chi connectivity index (χ1v) is 9.86. The summed E-state index contributed by atoms with van der Waals surface area (Å²) in [7, 11) is 0. The van der Waals surface area contributed by atoms with Crippen LogP contribution in [0.25, 0.3) is 0 Å². The summed E-state index contributed by atoms with van der Waals surface area (Å²) in [6.45, 7) is 5.24. The normalized spacial score (nSPS) is 21.7. The number of fused-ring (bicyclic) bond motifs is 1. The van der Waals surface area contributed by atoms with Crippen LogP contribution in [0.2, 0.25) is 0 Å². The number of amides is 3. The number of esters is 1. The van der Waals surface area contributed by atoms with Gasteiger partial charge in [0.05, 0.1) is 18.3 Å². The van der Waals surface area contributed by atoms with E-state index in [0.717, 1.165) is 16.0 Å². The largest absolute Gasteiger partial charge is 0.452 e. The van der Waals surface area contributed by atoms with E-state index in [1.54, 1.807) is 0 Å². The molecule has 0 spiro atoms. The molecule has 154 valence electrons. The lowest BCUT2D eigenvalue weighted by atomic mass is 9.85. The van der Waals surface area contributed by atoms with Crippen LogP contribution >= 0.6 is 0 Å². The van der Waals surface area contributed by atoms with Crippen molar-refractivity contribution in [1.82, 2.24) is 4.90 Å². The maximum atomic E-state index is 12.4. The summed E-state index contributed by atoms with van der Waals surface area (Å²) in [6.07, 6.45) is 3.84. The Bertz CT molecular complexity index is 830. The first kappa shape index (κ1) is 20.8. The minimum absolute atomic E-state index is 0.0191. The predicted molar refractivity (Wildman–Crippen MR) is 107 cm³/mol. The molecule has 7 nitrogen and oxygen atoms in total. The first-order chi connectivity index (χ1) is 13.8. The van der Waals surface area contributed by atoms with Crippen molar-refractivity contribution in [2.24, 2.45) is 11.8 Å². The second-order valence-electron chi connectivity index (χ2n) is 7.62. The number of ether oxygens (including phenoxy) is 1. The molecule has 1 fully saturated rings. The molecular weight excluding hydrogens is 372 g/mol. The van der Waals surface area contributed by atoms with E-state index in [4.69, 9.17) is 4.74 Å². The number of nitrogens with zero attached hydrogens (tertiary/aromatic N) is 1. The Morgan fingerprint density at radius 3 is 2.21 bits per heavy atom. The smallest absolute Gasteiger partial charge is 0.308 e. The molecule has 1 aromatic carbocycles. The van der Waals surface area contributed by atoms with Gasteiger partial charge in [-0.15, -0.1) is 0 Å². The Hall–Kier alpha value is -2.96. The fourth-order valence-electron chi connectivity index (χ4n) is 3.84. The van der Waals surface area contributed by atoms with Gasteiger partial charge >= 0.3 is 5.97 Å². The van der Waals surface area contributed by atoms with Crippen molar-refractivity contribution in [3.8, 4) is 0 Å². The van der Waals surface area contributed by atoms with Gasteiger partial charge in [-0.2, -0.15) is 0 Å². The van der Waals surface area contributed by atoms with E-state index in [1.165, 1.54) is 6.92 Å². The van der Waals surface area contributed by atoms with Crippen LogP contribution in [0.5, 0.6) is 0 Å². The van der Waals surface area contributed by atoms with Crippen LogP contribution in [0.4, 0.5) is 5.69 Å². The Morgan fingerprint density at radius 1 is 1.10 bits per heavy atom. The molecule has 3 amide bonds. The zero-order valence-corrected chi connectivity index (χ0v) is 16.9. The number of likely N-dealkylation sites (tertiary alicyclic amines) is 1. The van der Waals surface area contributed by atoms with E-state index < -0.39 is 18.0 Å². The van der Waals surface area contributed by atoms with E-state index in [-0.39, 0.29) is 36.6 Å². The number of hydrogen-bond acceptors (Lipinski definition) is 5. The molecule has 1 aliphatic heterocycles. The monoisotopic (exact) mass is 398 g/mol. The van der Waals surface area contributed by atoms with E-state index in [0.29, 0.717) is 18.5 Å². The number of imide groups is 1. The third kappa shape index (κ3) is 4.39. The van der Waals surface area contributed by atoms with Crippen molar-refractivity contribution < 1.29 is 23.9 Å². The Kier molecular flexibility index (Phi) is 6.15. The quantitative estimate of drug-likeness (QED) is 0.452. The van der Waals surface area contributed by atoms with Gasteiger partial charge in [0.2, 0.25) is 11.8 Å². The third-order valence-corrected chi connectivity index (χ3v) is 5.55. The number of nitrogens with one attached hydrogen (secondary N) is 1. The number of aryl methyl sites for hydroxylation is 2. The van der Waals surface area contributed by atoms with Gasteiger partial charge in [-0.1, -0.05) is 30.4 Å². The zero-order valence-electron chi connectivity index (χ0n) is 16.9. The minimum Gasteiger partial charge on any atom is -0.452 e. The molecule has 7 heteroatoms. The Morgan fingerprint density at radius 2 is 1.66 bits per heavy atom. The van der Waals surface area contributed by atoms with Crippen molar-refractivity contribution in [3.05, 3.63) is 41.5 Å². The number of para-hydroxylation sites is 1. The van der Waals surface area contributed by atoms with Crippen molar-refractivity contribution in [3.63, 3.8) is 0 Å². The molecule has 1 aromatic rings. The number of benzene rings is 1. The summed E-state index contributed by atoms with van der Waals surface area (Å²) < 4.78 is 5.20. The molecule has 1 saturated heterocycles. The molecular formula is C22H26N2O5. The number of rotatable bonds is 6. The molecule has 2 aliphatic rings. The van der Waals surface area contributed by atoms with Gasteiger partial charge in [-0.05, 0) is 44.7 Å². The second kappa shape index (κ2) is 8.59. The van der Waals surface area contributed by atoms with Crippen LogP contribution in [0.1, 0.15) is 37.3 Å². The van der Waals surface area contributed by atoms with Gasteiger partial charge in [-0.3, -0.25) is 24.1 Å². The highest BCUT2D eigenvalue weighted by atomic mass is 16.5. The fourth-order valence-corrected chi connectivity index (χ4v) is 3.84. The molecule has 0 saturated carbocycles. The molecule has 1 heterocycles. The number of carbonyl (C=O) groups excluding carboxylic acids is 4. The average Bonchev–Trinajstić information content (AvgIpc) is 2.93. The van der Waals surface area contributed by atoms with Crippen molar-refractivity contribution in [1.29, 1.82) is 0 Å². The minimum atomic E-state index is -0.988. The number of anilines is 1. The van der Waals surface area contributed by atoms with Gasteiger partial charge in [0, 0.05) is 12.2 Å².